The number of hydrogen-bond acceptors (Lipinski definition) is 5. The fourth-order valence-corrected chi connectivity index (χ4v) is 5.14. The van der Waals surface area contributed by atoms with Crippen LogP contribution in [0.15, 0.2) is 10.1 Å². The lowest BCUT2D eigenvalue weighted by Gasteiger charge is -2.36. The Balaban J connectivity index is 1.95. The van der Waals surface area contributed by atoms with Gasteiger partial charge in [0.2, 0.25) is 0 Å². The van der Waals surface area contributed by atoms with Crippen molar-refractivity contribution in [1.82, 2.24) is 25.0 Å². The maximum Gasteiger partial charge on any atom is 0.193 e. The minimum absolute atomic E-state index is 0.588. The molecule has 1 atom stereocenters. The highest BCUT2D eigenvalue weighted by Gasteiger charge is 2.24. The Kier molecular flexibility index (Phi) is 9.99. The number of rotatable bonds is 9. The highest BCUT2D eigenvalue weighted by Crippen LogP contribution is 2.25. The molecule has 28 heavy (non-hydrogen) atoms. The third kappa shape index (κ3) is 6.87. The van der Waals surface area contributed by atoms with E-state index in [0.717, 1.165) is 62.5 Å². The van der Waals surface area contributed by atoms with Crippen molar-refractivity contribution in [3.05, 3.63) is 5.82 Å². The van der Waals surface area contributed by atoms with E-state index in [1.54, 1.807) is 11.8 Å². The predicted octanol–water partition coefficient (Wildman–Crippen LogP) is 3.63. The molecule has 0 radical (unpaired) electrons. The van der Waals surface area contributed by atoms with Crippen LogP contribution >= 0.6 is 23.5 Å². The number of guanidine groups is 1. The zero-order chi connectivity index (χ0) is 20.5. The number of aliphatic imine (C=N–C) groups is 1. The first kappa shape index (κ1) is 23.4. The summed E-state index contributed by atoms with van der Waals surface area (Å²) in [5.74, 6) is 4.64. The average Bonchev–Trinajstić information content (AvgIpc) is 3.05. The Labute approximate surface area is 179 Å². The van der Waals surface area contributed by atoms with Gasteiger partial charge in [-0.05, 0) is 31.4 Å². The smallest absolute Gasteiger partial charge is 0.193 e. The summed E-state index contributed by atoms with van der Waals surface area (Å²) < 4.78 is 2.28. The van der Waals surface area contributed by atoms with E-state index in [9.17, 15) is 0 Å². The lowest BCUT2D eigenvalue weighted by atomic mass is 10.1. The van der Waals surface area contributed by atoms with Gasteiger partial charge in [0.25, 0.3) is 0 Å². The highest BCUT2D eigenvalue weighted by molar-refractivity contribution is 8.00. The van der Waals surface area contributed by atoms with Crippen LogP contribution in [0.3, 0.4) is 0 Å². The fraction of sp³-hybridized carbons (Fsp3) is 0.850. The van der Waals surface area contributed by atoms with Crippen LogP contribution in [0, 0.1) is 11.8 Å². The van der Waals surface area contributed by atoms with E-state index in [-0.39, 0.29) is 0 Å². The van der Waals surface area contributed by atoms with E-state index < -0.39 is 0 Å². The molecular weight excluding hydrogens is 388 g/mol. The molecule has 1 N–H and O–H groups in total. The largest absolute Gasteiger partial charge is 0.357 e. The number of hydrogen-bond donors (Lipinski definition) is 1. The van der Waals surface area contributed by atoms with Crippen LogP contribution < -0.4 is 5.32 Å². The van der Waals surface area contributed by atoms with Crippen LogP contribution in [-0.4, -0.2) is 69.1 Å². The standard InChI is InChI=1S/C20H38N6S2/c1-7-21-19(25-11-12-28-17(14-25)16(4)5)22-10-8-9-18-23-24-20(27-6)26(18)13-15(2)3/h15-17H,7-14H2,1-6H3,(H,21,22). The molecule has 1 aliphatic heterocycles. The van der Waals surface area contributed by atoms with Crippen LogP contribution in [0.25, 0.3) is 0 Å². The summed E-state index contributed by atoms with van der Waals surface area (Å²) in [6.07, 6.45) is 3.99. The molecule has 8 heteroatoms. The van der Waals surface area contributed by atoms with Gasteiger partial charge in [-0.1, -0.05) is 39.5 Å². The van der Waals surface area contributed by atoms with Crippen molar-refractivity contribution in [3.63, 3.8) is 0 Å². The van der Waals surface area contributed by atoms with E-state index in [2.05, 4.69) is 77.6 Å². The van der Waals surface area contributed by atoms with Gasteiger partial charge in [-0.3, -0.25) is 4.99 Å². The highest BCUT2D eigenvalue weighted by atomic mass is 32.2. The Morgan fingerprint density at radius 1 is 1.32 bits per heavy atom. The van der Waals surface area contributed by atoms with E-state index in [1.807, 2.05) is 0 Å². The van der Waals surface area contributed by atoms with Gasteiger partial charge in [0.1, 0.15) is 5.82 Å². The van der Waals surface area contributed by atoms with Crippen LogP contribution in [0.5, 0.6) is 0 Å². The second kappa shape index (κ2) is 12.0. The van der Waals surface area contributed by atoms with Crippen molar-refractivity contribution < 1.29 is 0 Å². The monoisotopic (exact) mass is 426 g/mol. The molecule has 6 nitrogen and oxygen atoms in total. The summed E-state index contributed by atoms with van der Waals surface area (Å²) >= 11 is 3.78. The van der Waals surface area contributed by atoms with Gasteiger partial charge in [0.05, 0.1) is 0 Å². The Bertz CT molecular complexity index is 614. The van der Waals surface area contributed by atoms with Gasteiger partial charge >= 0.3 is 0 Å². The maximum atomic E-state index is 4.92. The van der Waals surface area contributed by atoms with Crippen LogP contribution in [0.2, 0.25) is 0 Å². The van der Waals surface area contributed by atoms with Crippen LogP contribution in [-0.2, 0) is 13.0 Å². The minimum atomic E-state index is 0.588. The molecule has 1 fully saturated rings. The van der Waals surface area contributed by atoms with Gasteiger partial charge in [-0.2, -0.15) is 11.8 Å². The van der Waals surface area contributed by atoms with E-state index in [4.69, 9.17) is 4.99 Å². The predicted molar refractivity (Wildman–Crippen MR) is 124 cm³/mol. The summed E-state index contributed by atoms with van der Waals surface area (Å²) in [7, 11) is 0. The lowest BCUT2D eigenvalue weighted by molar-refractivity contribution is 0.380. The number of nitrogens with one attached hydrogen (secondary N) is 1. The fourth-order valence-electron chi connectivity index (χ4n) is 3.32. The molecular formula is C20H38N6S2. The molecule has 2 heterocycles. The summed E-state index contributed by atoms with van der Waals surface area (Å²) in [4.78, 5) is 7.37. The van der Waals surface area contributed by atoms with Gasteiger partial charge in [-0.25, -0.2) is 0 Å². The molecule has 0 spiro atoms. The first-order chi connectivity index (χ1) is 13.5. The topological polar surface area (TPSA) is 58.3 Å². The molecule has 0 bridgehead atoms. The number of thioether (sulfide) groups is 2. The number of nitrogens with zero attached hydrogens (tertiary/aromatic N) is 5. The number of aryl methyl sites for hydroxylation is 1. The van der Waals surface area contributed by atoms with Crippen LogP contribution in [0.1, 0.15) is 46.9 Å². The van der Waals surface area contributed by atoms with Gasteiger partial charge in [0, 0.05) is 50.1 Å². The molecule has 160 valence electrons. The molecule has 1 aromatic rings. The van der Waals surface area contributed by atoms with Crippen molar-refractivity contribution in [2.24, 2.45) is 16.8 Å². The molecule has 0 saturated carbocycles. The minimum Gasteiger partial charge on any atom is -0.357 e. The summed E-state index contributed by atoms with van der Waals surface area (Å²) in [5, 5.41) is 14.0. The van der Waals surface area contributed by atoms with Gasteiger partial charge < -0.3 is 14.8 Å². The summed E-state index contributed by atoms with van der Waals surface area (Å²) in [6, 6.07) is 0. The first-order valence-electron chi connectivity index (χ1n) is 10.6. The Morgan fingerprint density at radius 3 is 2.75 bits per heavy atom. The Morgan fingerprint density at radius 2 is 2.11 bits per heavy atom. The van der Waals surface area contributed by atoms with Crippen molar-refractivity contribution in [2.45, 2.75) is 64.4 Å². The summed E-state index contributed by atoms with van der Waals surface area (Å²) in [5.41, 5.74) is 0. The van der Waals surface area contributed by atoms with Crippen molar-refractivity contribution in [2.75, 3.05) is 38.2 Å². The molecule has 1 aromatic heterocycles. The van der Waals surface area contributed by atoms with Crippen molar-refractivity contribution >= 4 is 29.5 Å². The maximum absolute atomic E-state index is 4.92. The molecule has 1 aliphatic rings. The quantitative estimate of drug-likeness (QED) is 0.282. The Hall–Kier alpha value is -0.890. The zero-order valence-electron chi connectivity index (χ0n) is 18.4. The second-order valence-electron chi connectivity index (χ2n) is 8.05. The molecule has 0 amide bonds. The van der Waals surface area contributed by atoms with E-state index in [1.165, 1.54) is 5.75 Å². The van der Waals surface area contributed by atoms with E-state index >= 15 is 0 Å². The normalized spacial score (nSPS) is 18.4. The van der Waals surface area contributed by atoms with E-state index in [0.29, 0.717) is 17.1 Å². The second-order valence-corrected chi connectivity index (χ2v) is 10.2. The van der Waals surface area contributed by atoms with Crippen molar-refractivity contribution in [1.29, 1.82) is 0 Å². The molecule has 0 aromatic carbocycles. The molecule has 2 rings (SSSR count). The number of aromatic nitrogens is 3. The first-order valence-corrected chi connectivity index (χ1v) is 12.8. The van der Waals surface area contributed by atoms with Gasteiger partial charge in [0.15, 0.2) is 11.1 Å². The van der Waals surface area contributed by atoms with Crippen LogP contribution in [0.4, 0.5) is 0 Å². The van der Waals surface area contributed by atoms with Crippen molar-refractivity contribution in [3.8, 4) is 0 Å². The van der Waals surface area contributed by atoms with Gasteiger partial charge in [-0.15, -0.1) is 10.2 Å². The summed E-state index contributed by atoms with van der Waals surface area (Å²) in [6.45, 7) is 16.1. The molecule has 1 saturated heterocycles. The lowest BCUT2D eigenvalue weighted by Crippen LogP contribution is -2.49. The average molecular weight is 427 g/mol. The SMILES string of the molecule is CCNC(=NCCCc1nnc(SC)n1CC(C)C)N1CCSC(C(C)C)C1. The molecule has 1 unspecified atom stereocenters. The molecule has 0 aliphatic carbocycles. The zero-order valence-corrected chi connectivity index (χ0v) is 20.1. The third-order valence-corrected chi connectivity index (χ3v) is 7.02. The third-order valence-electron chi connectivity index (χ3n) is 4.82.